The Bertz CT molecular complexity index is 548. The molecule has 2 rings (SSSR count). The summed E-state index contributed by atoms with van der Waals surface area (Å²) < 4.78 is 0.990. The molecule has 1 aromatic carbocycles. The second kappa shape index (κ2) is 7.72. The SMILES string of the molecule is CCCNC(Cc1ccc(Br)cc1Cl)c1cnccn1. The summed E-state index contributed by atoms with van der Waals surface area (Å²) in [5.74, 6) is 0. The first-order valence-corrected chi connectivity index (χ1v) is 7.81. The van der Waals surface area contributed by atoms with Crippen LogP contribution in [0, 0.1) is 0 Å². The highest BCUT2D eigenvalue weighted by Crippen LogP contribution is 2.25. The third-order valence-corrected chi connectivity index (χ3v) is 3.87. The Kier molecular flexibility index (Phi) is 5.95. The molecule has 20 heavy (non-hydrogen) atoms. The first kappa shape index (κ1) is 15.4. The predicted octanol–water partition coefficient (Wildman–Crippen LogP) is 4.18. The minimum atomic E-state index is 0.127. The molecule has 106 valence electrons. The maximum absolute atomic E-state index is 6.30. The summed E-state index contributed by atoms with van der Waals surface area (Å²) in [7, 11) is 0. The van der Waals surface area contributed by atoms with Crippen molar-refractivity contribution in [1.29, 1.82) is 0 Å². The van der Waals surface area contributed by atoms with Gasteiger partial charge in [0.2, 0.25) is 0 Å². The third-order valence-electron chi connectivity index (χ3n) is 3.02. The van der Waals surface area contributed by atoms with Gasteiger partial charge in [0.15, 0.2) is 0 Å². The average molecular weight is 355 g/mol. The summed E-state index contributed by atoms with van der Waals surface area (Å²) in [5.41, 5.74) is 2.05. The van der Waals surface area contributed by atoms with Gasteiger partial charge in [0.1, 0.15) is 0 Å². The molecule has 0 bridgehead atoms. The van der Waals surface area contributed by atoms with Gasteiger partial charge < -0.3 is 5.32 Å². The molecular formula is C15H17BrClN3. The second-order valence-electron chi connectivity index (χ2n) is 4.58. The molecule has 0 aliphatic rings. The van der Waals surface area contributed by atoms with E-state index < -0.39 is 0 Å². The smallest absolute Gasteiger partial charge is 0.0759 e. The number of hydrogen-bond donors (Lipinski definition) is 1. The van der Waals surface area contributed by atoms with Gasteiger partial charge in [-0.2, -0.15) is 0 Å². The van der Waals surface area contributed by atoms with E-state index in [0.29, 0.717) is 0 Å². The van der Waals surface area contributed by atoms with Crippen molar-refractivity contribution < 1.29 is 0 Å². The van der Waals surface area contributed by atoms with Gasteiger partial charge in [-0.1, -0.05) is 40.5 Å². The van der Waals surface area contributed by atoms with Crippen LogP contribution in [0.1, 0.15) is 30.6 Å². The van der Waals surface area contributed by atoms with E-state index in [1.807, 2.05) is 18.2 Å². The Labute approximate surface area is 132 Å². The van der Waals surface area contributed by atoms with Crippen molar-refractivity contribution in [2.24, 2.45) is 0 Å². The van der Waals surface area contributed by atoms with Crippen LogP contribution in [0.2, 0.25) is 5.02 Å². The second-order valence-corrected chi connectivity index (χ2v) is 5.90. The van der Waals surface area contributed by atoms with Gasteiger partial charge in [0.05, 0.1) is 11.7 Å². The zero-order valence-corrected chi connectivity index (χ0v) is 13.7. The first-order chi connectivity index (χ1) is 9.70. The van der Waals surface area contributed by atoms with Crippen molar-refractivity contribution in [3.05, 3.63) is 57.5 Å². The van der Waals surface area contributed by atoms with E-state index in [0.717, 1.165) is 40.1 Å². The maximum Gasteiger partial charge on any atom is 0.0759 e. The van der Waals surface area contributed by atoms with E-state index >= 15 is 0 Å². The van der Waals surface area contributed by atoms with Crippen LogP contribution < -0.4 is 5.32 Å². The molecular weight excluding hydrogens is 338 g/mol. The fraction of sp³-hybridized carbons (Fsp3) is 0.333. The van der Waals surface area contributed by atoms with Crippen molar-refractivity contribution in [1.82, 2.24) is 15.3 Å². The monoisotopic (exact) mass is 353 g/mol. The van der Waals surface area contributed by atoms with E-state index in [2.05, 4.69) is 38.1 Å². The van der Waals surface area contributed by atoms with Crippen LogP contribution in [-0.2, 0) is 6.42 Å². The number of aromatic nitrogens is 2. The van der Waals surface area contributed by atoms with Crippen molar-refractivity contribution in [3.8, 4) is 0 Å². The van der Waals surface area contributed by atoms with Gasteiger partial charge in [-0.25, -0.2) is 0 Å². The lowest BCUT2D eigenvalue weighted by molar-refractivity contribution is 0.516. The molecule has 1 N–H and O–H groups in total. The largest absolute Gasteiger partial charge is 0.308 e. The van der Waals surface area contributed by atoms with Crippen LogP contribution in [0.5, 0.6) is 0 Å². The van der Waals surface area contributed by atoms with E-state index in [9.17, 15) is 0 Å². The maximum atomic E-state index is 6.30. The molecule has 1 aromatic heterocycles. The minimum Gasteiger partial charge on any atom is -0.308 e. The summed E-state index contributed by atoms with van der Waals surface area (Å²) in [6, 6.07) is 6.10. The molecule has 1 atom stereocenters. The number of benzene rings is 1. The number of hydrogen-bond acceptors (Lipinski definition) is 3. The number of halogens is 2. The van der Waals surface area contributed by atoms with E-state index in [-0.39, 0.29) is 6.04 Å². The molecule has 0 amide bonds. The zero-order valence-electron chi connectivity index (χ0n) is 11.3. The lowest BCUT2D eigenvalue weighted by atomic mass is 10.0. The Morgan fingerprint density at radius 3 is 2.85 bits per heavy atom. The van der Waals surface area contributed by atoms with Crippen LogP contribution in [0.25, 0.3) is 0 Å². The van der Waals surface area contributed by atoms with Gasteiger partial charge >= 0.3 is 0 Å². The van der Waals surface area contributed by atoms with Crippen molar-refractivity contribution in [3.63, 3.8) is 0 Å². The summed E-state index contributed by atoms with van der Waals surface area (Å²) in [6.45, 7) is 3.09. The van der Waals surface area contributed by atoms with Gasteiger partial charge in [-0.05, 0) is 37.1 Å². The van der Waals surface area contributed by atoms with E-state index in [4.69, 9.17) is 11.6 Å². The third kappa shape index (κ3) is 4.27. The zero-order chi connectivity index (χ0) is 14.4. The molecule has 2 aromatic rings. The quantitative estimate of drug-likeness (QED) is 0.846. The Hall–Kier alpha value is -0.970. The molecule has 0 fully saturated rings. The van der Waals surface area contributed by atoms with Crippen LogP contribution in [0.15, 0.2) is 41.3 Å². The van der Waals surface area contributed by atoms with Gasteiger partial charge in [-0.3, -0.25) is 9.97 Å². The summed E-state index contributed by atoms with van der Waals surface area (Å²) in [5, 5.41) is 4.27. The lowest BCUT2D eigenvalue weighted by Gasteiger charge is -2.18. The van der Waals surface area contributed by atoms with Gasteiger partial charge in [0, 0.05) is 28.1 Å². The highest BCUT2D eigenvalue weighted by Gasteiger charge is 2.14. The average Bonchev–Trinajstić information content (AvgIpc) is 2.46. The molecule has 5 heteroatoms. The lowest BCUT2D eigenvalue weighted by Crippen LogP contribution is -2.25. The predicted molar refractivity (Wildman–Crippen MR) is 85.9 cm³/mol. The Balaban J connectivity index is 2.19. The van der Waals surface area contributed by atoms with Crippen molar-refractivity contribution in [2.45, 2.75) is 25.8 Å². The van der Waals surface area contributed by atoms with Gasteiger partial charge in [-0.15, -0.1) is 0 Å². The standard InChI is InChI=1S/C15H17BrClN3/c1-2-5-19-14(15-10-18-6-7-20-15)8-11-3-4-12(16)9-13(11)17/h3-4,6-7,9-10,14,19H,2,5,8H2,1H3. The molecule has 0 spiro atoms. The minimum absolute atomic E-state index is 0.127. The van der Waals surface area contributed by atoms with E-state index in [1.165, 1.54) is 0 Å². The van der Waals surface area contributed by atoms with Crippen molar-refractivity contribution in [2.75, 3.05) is 6.54 Å². The summed E-state index contributed by atoms with van der Waals surface area (Å²) in [6.07, 6.45) is 7.09. The number of rotatable bonds is 6. The Morgan fingerprint density at radius 1 is 1.35 bits per heavy atom. The van der Waals surface area contributed by atoms with Crippen molar-refractivity contribution >= 4 is 27.5 Å². The van der Waals surface area contributed by atoms with Crippen LogP contribution in [0.3, 0.4) is 0 Å². The molecule has 0 aliphatic carbocycles. The fourth-order valence-corrected chi connectivity index (χ4v) is 2.75. The molecule has 1 unspecified atom stereocenters. The van der Waals surface area contributed by atoms with Gasteiger partial charge in [0.25, 0.3) is 0 Å². The molecule has 3 nitrogen and oxygen atoms in total. The number of nitrogens with one attached hydrogen (secondary N) is 1. The highest BCUT2D eigenvalue weighted by molar-refractivity contribution is 9.10. The van der Waals surface area contributed by atoms with Crippen LogP contribution in [0.4, 0.5) is 0 Å². The highest BCUT2D eigenvalue weighted by atomic mass is 79.9. The molecule has 0 aliphatic heterocycles. The normalized spacial score (nSPS) is 12.3. The first-order valence-electron chi connectivity index (χ1n) is 6.64. The summed E-state index contributed by atoms with van der Waals surface area (Å²) >= 11 is 9.73. The molecule has 0 saturated carbocycles. The van der Waals surface area contributed by atoms with Crippen LogP contribution in [-0.4, -0.2) is 16.5 Å². The van der Waals surface area contributed by atoms with E-state index in [1.54, 1.807) is 18.6 Å². The number of nitrogens with zero attached hydrogens (tertiary/aromatic N) is 2. The molecule has 0 saturated heterocycles. The summed E-state index contributed by atoms with van der Waals surface area (Å²) in [4.78, 5) is 8.55. The topological polar surface area (TPSA) is 37.8 Å². The Morgan fingerprint density at radius 2 is 2.20 bits per heavy atom. The molecule has 0 radical (unpaired) electrons. The molecule has 1 heterocycles. The fourth-order valence-electron chi connectivity index (χ4n) is 2.00. The van der Waals surface area contributed by atoms with Crippen LogP contribution >= 0.6 is 27.5 Å².